The van der Waals surface area contributed by atoms with Crippen LogP contribution in [0.3, 0.4) is 0 Å². The molecule has 2 aliphatic rings. The van der Waals surface area contributed by atoms with Crippen molar-refractivity contribution in [2.75, 3.05) is 13.2 Å². The average molecular weight is 381 g/mol. The molecule has 6 heteroatoms. The van der Waals surface area contributed by atoms with Crippen LogP contribution in [0.4, 0.5) is 0 Å². The maximum atomic E-state index is 12.6. The number of carbonyl (C=O) groups is 2. The minimum absolute atomic E-state index is 0.0730. The van der Waals surface area contributed by atoms with Gasteiger partial charge in [-0.3, -0.25) is 9.59 Å². The Morgan fingerprint density at radius 2 is 2.04 bits per heavy atom. The van der Waals surface area contributed by atoms with E-state index < -0.39 is 0 Å². The molecule has 0 radical (unpaired) electrons. The highest BCUT2D eigenvalue weighted by atomic mass is 16.5. The molecule has 2 aromatic rings. The number of rotatable bonds is 4. The van der Waals surface area contributed by atoms with Crippen LogP contribution in [0.2, 0.25) is 0 Å². The van der Waals surface area contributed by atoms with Gasteiger partial charge >= 0.3 is 0 Å². The van der Waals surface area contributed by atoms with Gasteiger partial charge in [0.1, 0.15) is 0 Å². The van der Waals surface area contributed by atoms with Gasteiger partial charge in [-0.05, 0) is 55.9 Å². The topological polar surface area (TPSA) is 73.2 Å². The van der Waals surface area contributed by atoms with Crippen LogP contribution in [-0.4, -0.2) is 40.7 Å². The van der Waals surface area contributed by atoms with Crippen molar-refractivity contribution in [1.29, 1.82) is 0 Å². The second-order valence-corrected chi connectivity index (χ2v) is 8.65. The lowest BCUT2D eigenvalue weighted by Crippen LogP contribution is -2.31. The molecule has 1 atom stereocenters. The zero-order chi connectivity index (χ0) is 19.9. The number of ether oxygens (including phenoxy) is 1. The number of fused-ring (bicyclic) bond motifs is 1. The second kappa shape index (κ2) is 7.17. The third-order valence-corrected chi connectivity index (χ3v) is 5.61. The molecule has 1 aromatic heterocycles. The summed E-state index contributed by atoms with van der Waals surface area (Å²) >= 11 is 0. The summed E-state index contributed by atoms with van der Waals surface area (Å²) in [5, 5.41) is 7.56. The number of nitrogens with zero attached hydrogens (tertiary/aromatic N) is 2. The smallest absolute Gasteiger partial charge is 0.251 e. The van der Waals surface area contributed by atoms with E-state index in [9.17, 15) is 9.59 Å². The Kier molecular flexibility index (Phi) is 4.83. The molecule has 4 rings (SSSR count). The molecular formula is C22H27N3O3. The van der Waals surface area contributed by atoms with Gasteiger partial charge in [-0.15, -0.1) is 0 Å². The summed E-state index contributed by atoms with van der Waals surface area (Å²) < 4.78 is 7.40. The van der Waals surface area contributed by atoms with Crippen molar-refractivity contribution in [3.05, 3.63) is 46.8 Å². The lowest BCUT2D eigenvalue weighted by Gasteiger charge is -2.29. The van der Waals surface area contributed by atoms with Crippen LogP contribution in [-0.2, 0) is 11.2 Å². The molecule has 1 aliphatic heterocycles. The molecule has 6 nitrogen and oxygen atoms in total. The first-order chi connectivity index (χ1) is 13.3. The summed E-state index contributed by atoms with van der Waals surface area (Å²) in [6.45, 7) is 7.44. The minimum atomic E-state index is -0.1000. The molecule has 148 valence electrons. The van der Waals surface area contributed by atoms with Gasteiger partial charge < -0.3 is 10.1 Å². The monoisotopic (exact) mass is 381 g/mol. The van der Waals surface area contributed by atoms with Gasteiger partial charge in [-0.25, -0.2) is 4.68 Å². The van der Waals surface area contributed by atoms with Crippen LogP contribution in [0, 0.1) is 12.3 Å². The summed E-state index contributed by atoms with van der Waals surface area (Å²) in [6.07, 6.45) is 3.54. The number of aryl methyl sites for hydroxylation is 1. The van der Waals surface area contributed by atoms with Crippen LogP contribution in [0.25, 0.3) is 5.69 Å². The standard InChI is InChI=1S/C22H27N3O3/c1-14-20-18(11-22(2,3)12-19(20)26)25(24-14)16-8-6-15(7-9-16)21(27)23-13-17-5-4-10-28-17/h6-9,17H,4-5,10-13H2,1-3H3,(H,23,27)/t17-/m0/s1. The van der Waals surface area contributed by atoms with Crippen LogP contribution < -0.4 is 5.32 Å². The number of hydrogen-bond donors (Lipinski definition) is 1. The quantitative estimate of drug-likeness (QED) is 0.882. The van der Waals surface area contributed by atoms with E-state index in [1.807, 2.05) is 23.7 Å². The summed E-state index contributed by atoms with van der Waals surface area (Å²) in [5.41, 5.74) is 3.90. The van der Waals surface area contributed by atoms with Crippen molar-refractivity contribution < 1.29 is 14.3 Å². The SMILES string of the molecule is Cc1nn(-c2ccc(C(=O)NC[C@@H]3CCCO3)cc2)c2c1C(=O)CC(C)(C)C2. The Morgan fingerprint density at radius 1 is 1.29 bits per heavy atom. The molecule has 28 heavy (non-hydrogen) atoms. The number of Topliss-reactive ketones (excluding diaryl/α,β-unsaturated/α-hetero) is 1. The van der Waals surface area contributed by atoms with E-state index in [0.717, 1.165) is 48.5 Å². The Labute approximate surface area is 165 Å². The maximum absolute atomic E-state index is 12.6. The summed E-state index contributed by atoms with van der Waals surface area (Å²) in [6, 6.07) is 7.39. The van der Waals surface area contributed by atoms with Crippen molar-refractivity contribution in [2.45, 2.75) is 52.6 Å². The Hall–Kier alpha value is -2.47. The number of nitrogens with one attached hydrogen (secondary N) is 1. The predicted molar refractivity (Wildman–Crippen MR) is 106 cm³/mol. The van der Waals surface area contributed by atoms with Crippen molar-refractivity contribution in [3.63, 3.8) is 0 Å². The molecule has 1 aromatic carbocycles. The fourth-order valence-corrected chi connectivity index (χ4v) is 4.22. The zero-order valence-corrected chi connectivity index (χ0v) is 16.7. The molecule has 0 saturated carbocycles. The number of aromatic nitrogens is 2. The maximum Gasteiger partial charge on any atom is 0.251 e. The zero-order valence-electron chi connectivity index (χ0n) is 16.7. The Morgan fingerprint density at radius 3 is 2.71 bits per heavy atom. The lowest BCUT2D eigenvalue weighted by atomic mass is 9.75. The largest absolute Gasteiger partial charge is 0.376 e. The van der Waals surface area contributed by atoms with E-state index in [1.54, 1.807) is 12.1 Å². The highest BCUT2D eigenvalue weighted by Crippen LogP contribution is 2.36. The van der Waals surface area contributed by atoms with Crippen LogP contribution >= 0.6 is 0 Å². The normalized spacial score (nSPS) is 20.8. The van der Waals surface area contributed by atoms with Gasteiger partial charge in [0.25, 0.3) is 5.91 Å². The van der Waals surface area contributed by atoms with E-state index >= 15 is 0 Å². The Balaban J connectivity index is 1.54. The Bertz CT molecular complexity index is 906. The van der Waals surface area contributed by atoms with Crippen molar-refractivity contribution in [2.24, 2.45) is 5.41 Å². The molecule has 1 N–H and O–H groups in total. The molecule has 1 saturated heterocycles. The predicted octanol–water partition coefficient (Wildman–Crippen LogP) is 3.24. The number of hydrogen-bond acceptors (Lipinski definition) is 4. The average Bonchev–Trinajstić information content (AvgIpc) is 3.27. The first-order valence-corrected chi connectivity index (χ1v) is 9.96. The molecular weight excluding hydrogens is 354 g/mol. The first kappa shape index (κ1) is 18.9. The molecule has 1 fully saturated rings. The highest BCUT2D eigenvalue weighted by Gasteiger charge is 2.35. The summed E-state index contributed by atoms with van der Waals surface area (Å²) in [4.78, 5) is 25.0. The molecule has 1 amide bonds. The third-order valence-electron chi connectivity index (χ3n) is 5.61. The molecule has 0 spiro atoms. The van der Waals surface area contributed by atoms with Crippen molar-refractivity contribution >= 4 is 11.7 Å². The van der Waals surface area contributed by atoms with E-state index in [-0.39, 0.29) is 23.2 Å². The van der Waals surface area contributed by atoms with Crippen molar-refractivity contribution in [1.82, 2.24) is 15.1 Å². The van der Waals surface area contributed by atoms with Gasteiger partial charge in [0.15, 0.2) is 5.78 Å². The van der Waals surface area contributed by atoms with Gasteiger partial charge in [0, 0.05) is 25.1 Å². The number of carbonyl (C=O) groups excluding carboxylic acids is 2. The molecule has 1 aliphatic carbocycles. The van der Waals surface area contributed by atoms with E-state index in [0.29, 0.717) is 18.5 Å². The fourth-order valence-electron chi connectivity index (χ4n) is 4.22. The second-order valence-electron chi connectivity index (χ2n) is 8.65. The third kappa shape index (κ3) is 3.61. The van der Waals surface area contributed by atoms with Gasteiger partial charge in [0.2, 0.25) is 0 Å². The molecule has 0 bridgehead atoms. The minimum Gasteiger partial charge on any atom is -0.376 e. The van der Waals surface area contributed by atoms with Gasteiger partial charge in [0.05, 0.1) is 28.7 Å². The first-order valence-electron chi connectivity index (χ1n) is 9.96. The number of amides is 1. The number of ketones is 1. The van der Waals surface area contributed by atoms with Gasteiger partial charge in [-0.2, -0.15) is 5.10 Å². The van der Waals surface area contributed by atoms with Crippen LogP contribution in [0.15, 0.2) is 24.3 Å². The van der Waals surface area contributed by atoms with E-state index in [1.165, 1.54) is 0 Å². The lowest BCUT2D eigenvalue weighted by molar-refractivity contribution is 0.0857. The van der Waals surface area contributed by atoms with Crippen LogP contribution in [0.1, 0.15) is 65.2 Å². The summed E-state index contributed by atoms with van der Waals surface area (Å²) in [7, 11) is 0. The van der Waals surface area contributed by atoms with E-state index in [4.69, 9.17) is 4.74 Å². The fraction of sp³-hybridized carbons (Fsp3) is 0.500. The van der Waals surface area contributed by atoms with Gasteiger partial charge in [-0.1, -0.05) is 13.8 Å². The number of benzene rings is 1. The van der Waals surface area contributed by atoms with Crippen LogP contribution in [0.5, 0.6) is 0 Å². The highest BCUT2D eigenvalue weighted by molar-refractivity contribution is 6.00. The van der Waals surface area contributed by atoms with Crippen molar-refractivity contribution in [3.8, 4) is 5.69 Å². The molecule has 2 heterocycles. The molecule has 0 unspecified atom stereocenters. The summed E-state index contributed by atoms with van der Waals surface area (Å²) in [5.74, 6) is 0.0668. The van der Waals surface area contributed by atoms with E-state index in [2.05, 4.69) is 24.3 Å².